The molecule has 0 saturated heterocycles. The number of hydrogen-bond acceptors (Lipinski definition) is 2. The first-order valence-corrected chi connectivity index (χ1v) is 4.37. The SMILES string of the molecule is CC(C)C=C(NC1CC1)C(N)=O. The number of carbonyl (C=O) groups is 1. The molecule has 0 aliphatic heterocycles. The predicted molar refractivity (Wildman–Crippen MR) is 48.3 cm³/mol. The van der Waals surface area contributed by atoms with Crippen LogP contribution in [0.4, 0.5) is 0 Å². The normalized spacial score (nSPS) is 18.1. The van der Waals surface area contributed by atoms with Gasteiger partial charge in [0.25, 0.3) is 5.91 Å². The molecule has 3 N–H and O–H groups in total. The highest BCUT2D eigenvalue weighted by atomic mass is 16.1. The van der Waals surface area contributed by atoms with Crippen LogP contribution in [0.3, 0.4) is 0 Å². The van der Waals surface area contributed by atoms with Crippen LogP contribution in [-0.2, 0) is 4.79 Å². The predicted octanol–water partition coefficient (Wildman–Crippen LogP) is 0.764. The molecule has 0 bridgehead atoms. The van der Waals surface area contributed by atoms with Gasteiger partial charge in [0.05, 0.1) is 5.70 Å². The van der Waals surface area contributed by atoms with Crippen LogP contribution < -0.4 is 11.1 Å². The summed E-state index contributed by atoms with van der Waals surface area (Å²) >= 11 is 0. The third kappa shape index (κ3) is 2.95. The first kappa shape index (κ1) is 9.10. The quantitative estimate of drug-likeness (QED) is 0.609. The average Bonchev–Trinajstić information content (AvgIpc) is 2.68. The molecule has 12 heavy (non-hydrogen) atoms. The Morgan fingerprint density at radius 2 is 2.17 bits per heavy atom. The summed E-state index contributed by atoms with van der Waals surface area (Å²) in [6.07, 6.45) is 4.19. The molecule has 0 radical (unpaired) electrons. The molecule has 1 aliphatic rings. The van der Waals surface area contributed by atoms with Crippen molar-refractivity contribution < 1.29 is 4.79 Å². The molecule has 1 fully saturated rings. The number of allylic oxidation sites excluding steroid dienone is 1. The van der Waals surface area contributed by atoms with Gasteiger partial charge in [-0.3, -0.25) is 4.79 Å². The van der Waals surface area contributed by atoms with Gasteiger partial charge < -0.3 is 11.1 Å². The van der Waals surface area contributed by atoms with E-state index in [0.717, 1.165) is 12.8 Å². The largest absolute Gasteiger partial charge is 0.378 e. The third-order valence-corrected chi connectivity index (χ3v) is 1.70. The molecule has 1 aliphatic carbocycles. The van der Waals surface area contributed by atoms with Gasteiger partial charge in [0, 0.05) is 6.04 Å². The van der Waals surface area contributed by atoms with Gasteiger partial charge in [-0.15, -0.1) is 0 Å². The Kier molecular flexibility index (Phi) is 2.74. The molecule has 0 aromatic rings. The topological polar surface area (TPSA) is 55.1 Å². The number of nitrogens with one attached hydrogen (secondary N) is 1. The smallest absolute Gasteiger partial charge is 0.264 e. The number of rotatable bonds is 4. The maximum Gasteiger partial charge on any atom is 0.264 e. The van der Waals surface area contributed by atoms with Gasteiger partial charge in [0.1, 0.15) is 0 Å². The fraction of sp³-hybridized carbons (Fsp3) is 0.667. The van der Waals surface area contributed by atoms with Crippen LogP contribution in [0.25, 0.3) is 0 Å². The molecule has 0 aromatic carbocycles. The average molecular weight is 168 g/mol. The number of hydrogen-bond donors (Lipinski definition) is 2. The van der Waals surface area contributed by atoms with Gasteiger partial charge in [0.15, 0.2) is 0 Å². The fourth-order valence-corrected chi connectivity index (χ4v) is 0.982. The van der Waals surface area contributed by atoms with E-state index >= 15 is 0 Å². The van der Waals surface area contributed by atoms with E-state index in [-0.39, 0.29) is 5.91 Å². The van der Waals surface area contributed by atoms with Gasteiger partial charge in [-0.25, -0.2) is 0 Å². The molecular formula is C9H16N2O. The van der Waals surface area contributed by atoms with Crippen molar-refractivity contribution in [3.63, 3.8) is 0 Å². The first-order chi connectivity index (χ1) is 5.59. The Balaban J connectivity index is 2.52. The van der Waals surface area contributed by atoms with Crippen molar-refractivity contribution in [2.75, 3.05) is 0 Å². The molecule has 1 amide bonds. The zero-order valence-corrected chi connectivity index (χ0v) is 7.63. The highest BCUT2D eigenvalue weighted by molar-refractivity contribution is 5.91. The molecule has 0 aromatic heterocycles. The maximum atomic E-state index is 10.9. The summed E-state index contributed by atoms with van der Waals surface area (Å²) in [5.41, 5.74) is 5.77. The van der Waals surface area contributed by atoms with Gasteiger partial charge >= 0.3 is 0 Å². The van der Waals surface area contributed by atoms with E-state index in [1.54, 1.807) is 0 Å². The van der Waals surface area contributed by atoms with Gasteiger partial charge in [0.2, 0.25) is 0 Å². The van der Waals surface area contributed by atoms with Crippen LogP contribution >= 0.6 is 0 Å². The Labute approximate surface area is 73.0 Å². The summed E-state index contributed by atoms with van der Waals surface area (Å²) in [7, 11) is 0. The molecule has 1 saturated carbocycles. The fourth-order valence-electron chi connectivity index (χ4n) is 0.982. The lowest BCUT2D eigenvalue weighted by molar-refractivity contribution is -0.115. The van der Waals surface area contributed by atoms with E-state index in [2.05, 4.69) is 5.32 Å². The second-order valence-corrected chi connectivity index (χ2v) is 3.61. The molecule has 0 heterocycles. The van der Waals surface area contributed by atoms with Gasteiger partial charge in [-0.05, 0) is 18.8 Å². The third-order valence-electron chi connectivity index (χ3n) is 1.70. The summed E-state index contributed by atoms with van der Waals surface area (Å²) in [5.74, 6) is 0.00866. The van der Waals surface area contributed by atoms with Crippen molar-refractivity contribution in [2.45, 2.75) is 32.7 Å². The van der Waals surface area contributed by atoms with Crippen molar-refractivity contribution in [3.05, 3.63) is 11.8 Å². The molecule has 68 valence electrons. The summed E-state index contributed by atoms with van der Waals surface area (Å²) in [4.78, 5) is 10.9. The van der Waals surface area contributed by atoms with Crippen LogP contribution in [0.5, 0.6) is 0 Å². The molecule has 3 heteroatoms. The zero-order valence-electron chi connectivity index (χ0n) is 7.63. The van der Waals surface area contributed by atoms with Crippen molar-refractivity contribution in [1.82, 2.24) is 5.32 Å². The Morgan fingerprint density at radius 1 is 1.58 bits per heavy atom. The number of amides is 1. The lowest BCUT2D eigenvalue weighted by Gasteiger charge is -2.07. The summed E-state index contributed by atoms with van der Waals surface area (Å²) < 4.78 is 0. The molecule has 0 unspecified atom stereocenters. The second kappa shape index (κ2) is 3.61. The number of primary amides is 1. The summed E-state index contributed by atoms with van der Waals surface area (Å²) in [6, 6.07) is 0.488. The van der Waals surface area contributed by atoms with Crippen molar-refractivity contribution in [3.8, 4) is 0 Å². The minimum absolute atomic E-state index is 0.351. The highest BCUT2D eigenvalue weighted by Crippen LogP contribution is 2.20. The second-order valence-electron chi connectivity index (χ2n) is 3.61. The number of nitrogens with two attached hydrogens (primary N) is 1. The van der Waals surface area contributed by atoms with Gasteiger partial charge in [-0.1, -0.05) is 19.9 Å². The van der Waals surface area contributed by atoms with E-state index in [9.17, 15) is 4.79 Å². The van der Waals surface area contributed by atoms with E-state index < -0.39 is 0 Å². The van der Waals surface area contributed by atoms with Crippen LogP contribution in [0.2, 0.25) is 0 Å². The highest BCUT2D eigenvalue weighted by Gasteiger charge is 2.23. The van der Waals surface area contributed by atoms with E-state index in [4.69, 9.17) is 5.73 Å². The Hall–Kier alpha value is -0.990. The molecular weight excluding hydrogens is 152 g/mol. The van der Waals surface area contributed by atoms with Crippen LogP contribution in [-0.4, -0.2) is 11.9 Å². The van der Waals surface area contributed by atoms with E-state index in [1.807, 2.05) is 19.9 Å². The zero-order chi connectivity index (χ0) is 9.14. The monoisotopic (exact) mass is 168 g/mol. The van der Waals surface area contributed by atoms with Gasteiger partial charge in [-0.2, -0.15) is 0 Å². The minimum Gasteiger partial charge on any atom is -0.378 e. The van der Waals surface area contributed by atoms with Crippen LogP contribution in [0.1, 0.15) is 26.7 Å². The Bertz CT molecular complexity index is 205. The van der Waals surface area contributed by atoms with Crippen LogP contribution in [0, 0.1) is 5.92 Å². The Morgan fingerprint density at radius 3 is 2.50 bits per heavy atom. The maximum absolute atomic E-state index is 10.9. The van der Waals surface area contributed by atoms with Crippen molar-refractivity contribution >= 4 is 5.91 Å². The van der Waals surface area contributed by atoms with Crippen molar-refractivity contribution in [1.29, 1.82) is 0 Å². The lowest BCUT2D eigenvalue weighted by Crippen LogP contribution is -2.28. The van der Waals surface area contributed by atoms with Crippen LogP contribution in [0.15, 0.2) is 11.8 Å². The van der Waals surface area contributed by atoms with E-state index in [0.29, 0.717) is 17.7 Å². The van der Waals surface area contributed by atoms with E-state index in [1.165, 1.54) is 0 Å². The lowest BCUT2D eigenvalue weighted by atomic mass is 10.2. The van der Waals surface area contributed by atoms with Crippen molar-refractivity contribution in [2.24, 2.45) is 11.7 Å². The molecule has 0 atom stereocenters. The number of carbonyl (C=O) groups excluding carboxylic acids is 1. The molecule has 0 spiro atoms. The standard InChI is InChI=1S/C9H16N2O/c1-6(2)5-8(9(10)12)11-7-3-4-7/h5-7,11H,3-4H2,1-2H3,(H2,10,12). The minimum atomic E-state index is -0.351. The molecule has 1 rings (SSSR count). The molecule has 3 nitrogen and oxygen atoms in total. The summed E-state index contributed by atoms with van der Waals surface area (Å²) in [5, 5.41) is 3.11. The first-order valence-electron chi connectivity index (χ1n) is 4.37. The summed E-state index contributed by atoms with van der Waals surface area (Å²) in [6.45, 7) is 4.05.